The van der Waals surface area contributed by atoms with Crippen molar-refractivity contribution in [2.24, 2.45) is 0 Å². The van der Waals surface area contributed by atoms with Crippen molar-refractivity contribution >= 4 is 11.8 Å². The number of aryl methyl sites for hydroxylation is 2. The summed E-state index contributed by atoms with van der Waals surface area (Å²) in [6.07, 6.45) is 1.27. The van der Waals surface area contributed by atoms with Crippen LogP contribution in [0.25, 0.3) is 0 Å². The SMILES string of the molecule is Cc1ccccc1CN(C(=O)CCc1ccc2c(c1)OCCO2)C(Cc1ccccc1)C(=O)NC(C)C. The third kappa shape index (κ3) is 7.13. The van der Waals surface area contributed by atoms with Gasteiger partial charge in [0, 0.05) is 25.4 Å². The molecule has 1 aliphatic heterocycles. The molecule has 0 spiro atoms. The Hall–Kier alpha value is -3.80. The van der Waals surface area contributed by atoms with E-state index in [4.69, 9.17) is 9.47 Å². The fraction of sp³-hybridized carbons (Fsp3) is 0.355. The molecular weight excluding hydrogens is 464 g/mol. The summed E-state index contributed by atoms with van der Waals surface area (Å²) < 4.78 is 11.3. The van der Waals surface area contributed by atoms with Crippen LogP contribution >= 0.6 is 0 Å². The largest absolute Gasteiger partial charge is 0.486 e. The van der Waals surface area contributed by atoms with E-state index in [1.165, 1.54) is 0 Å². The van der Waals surface area contributed by atoms with Gasteiger partial charge in [-0.15, -0.1) is 0 Å². The van der Waals surface area contributed by atoms with E-state index in [-0.39, 0.29) is 24.3 Å². The van der Waals surface area contributed by atoms with E-state index < -0.39 is 6.04 Å². The first kappa shape index (κ1) is 26.3. The Balaban J connectivity index is 1.60. The van der Waals surface area contributed by atoms with Gasteiger partial charge in [-0.05, 0) is 61.6 Å². The molecule has 0 bridgehead atoms. The molecule has 0 radical (unpaired) electrons. The summed E-state index contributed by atoms with van der Waals surface area (Å²) >= 11 is 0. The van der Waals surface area contributed by atoms with Crippen molar-refractivity contribution in [1.82, 2.24) is 10.2 Å². The van der Waals surface area contributed by atoms with E-state index in [2.05, 4.69) is 5.32 Å². The van der Waals surface area contributed by atoms with Gasteiger partial charge in [0.15, 0.2) is 11.5 Å². The van der Waals surface area contributed by atoms with Crippen LogP contribution in [0.5, 0.6) is 11.5 Å². The van der Waals surface area contributed by atoms with E-state index in [9.17, 15) is 9.59 Å². The molecule has 0 saturated heterocycles. The molecule has 194 valence electrons. The minimum absolute atomic E-state index is 0.0288. The molecular formula is C31H36N2O4. The topological polar surface area (TPSA) is 67.9 Å². The molecule has 1 aliphatic rings. The van der Waals surface area contributed by atoms with Gasteiger partial charge in [0.1, 0.15) is 19.3 Å². The molecule has 6 nitrogen and oxygen atoms in total. The zero-order valence-electron chi connectivity index (χ0n) is 21.9. The van der Waals surface area contributed by atoms with Gasteiger partial charge in [-0.1, -0.05) is 60.7 Å². The van der Waals surface area contributed by atoms with Gasteiger partial charge in [-0.2, -0.15) is 0 Å². The molecule has 2 amide bonds. The first-order valence-corrected chi connectivity index (χ1v) is 13.0. The second-order valence-electron chi connectivity index (χ2n) is 9.79. The zero-order chi connectivity index (χ0) is 26.2. The summed E-state index contributed by atoms with van der Waals surface area (Å²) in [5, 5.41) is 3.04. The van der Waals surface area contributed by atoms with Crippen LogP contribution in [-0.2, 0) is 29.0 Å². The van der Waals surface area contributed by atoms with Crippen LogP contribution in [0.15, 0.2) is 72.8 Å². The van der Waals surface area contributed by atoms with Crippen LogP contribution in [0, 0.1) is 6.92 Å². The molecule has 6 heteroatoms. The molecule has 0 aliphatic carbocycles. The number of fused-ring (bicyclic) bond motifs is 1. The highest BCUT2D eigenvalue weighted by molar-refractivity contribution is 5.88. The van der Waals surface area contributed by atoms with Gasteiger partial charge in [0.2, 0.25) is 11.8 Å². The van der Waals surface area contributed by atoms with Gasteiger partial charge in [0.25, 0.3) is 0 Å². The van der Waals surface area contributed by atoms with Crippen LogP contribution in [0.1, 0.15) is 42.5 Å². The van der Waals surface area contributed by atoms with Crippen molar-refractivity contribution in [1.29, 1.82) is 0 Å². The number of rotatable bonds is 10. The maximum atomic E-state index is 13.8. The first-order chi connectivity index (χ1) is 17.9. The highest BCUT2D eigenvalue weighted by Gasteiger charge is 2.31. The summed E-state index contributed by atoms with van der Waals surface area (Å²) in [7, 11) is 0. The summed E-state index contributed by atoms with van der Waals surface area (Å²) in [5.41, 5.74) is 4.14. The lowest BCUT2D eigenvalue weighted by atomic mass is 10.00. The summed E-state index contributed by atoms with van der Waals surface area (Å²) in [6.45, 7) is 7.34. The number of amides is 2. The van der Waals surface area contributed by atoms with Crippen molar-refractivity contribution in [3.8, 4) is 11.5 Å². The second kappa shape index (κ2) is 12.4. The van der Waals surface area contributed by atoms with Gasteiger partial charge in [-0.3, -0.25) is 9.59 Å². The van der Waals surface area contributed by atoms with Crippen molar-refractivity contribution in [2.45, 2.75) is 58.7 Å². The summed E-state index contributed by atoms with van der Waals surface area (Å²) in [6, 6.07) is 23.1. The lowest BCUT2D eigenvalue weighted by Gasteiger charge is -2.32. The van der Waals surface area contributed by atoms with E-state index in [1.807, 2.05) is 93.6 Å². The Morgan fingerprint density at radius 1 is 0.892 bits per heavy atom. The van der Waals surface area contributed by atoms with Gasteiger partial charge < -0.3 is 19.7 Å². The third-order valence-electron chi connectivity index (χ3n) is 6.54. The molecule has 3 aromatic carbocycles. The minimum atomic E-state index is -0.628. The maximum absolute atomic E-state index is 13.8. The molecule has 37 heavy (non-hydrogen) atoms. The molecule has 3 aromatic rings. The average Bonchev–Trinajstić information content (AvgIpc) is 2.90. The average molecular weight is 501 g/mol. The lowest BCUT2D eigenvalue weighted by Crippen LogP contribution is -2.51. The Kier molecular flexibility index (Phi) is 8.83. The Morgan fingerprint density at radius 3 is 2.32 bits per heavy atom. The molecule has 0 saturated carbocycles. The Labute approximate surface area is 219 Å². The second-order valence-corrected chi connectivity index (χ2v) is 9.79. The fourth-order valence-corrected chi connectivity index (χ4v) is 4.54. The maximum Gasteiger partial charge on any atom is 0.243 e. The van der Waals surface area contributed by atoms with Gasteiger partial charge in [0.05, 0.1) is 0 Å². The number of nitrogens with one attached hydrogen (secondary N) is 1. The summed E-state index contributed by atoms with van der Waals surface area (Å²) in [5.74, 6) is 1.25. The molecule has 0 fully saturated rings. The number of nitrogens with zero attached hydrogens (tertiary/aromatic N) is 1. The van der Waals surface area contributed by atoms with E-state index in [0.29, 0.717) is 38.3 Å². The fourth-order valence-electron chi connectivity index (χ4n) is 4.54. The first-order valence-electron chi connectivity index (χ1n) is 13.0. The van der Waals surface area contributed by atoms with Crippen molar-refractivity contribution in [3.63, 3.8) is 0 Å². The monoisotopic (exact) mass is 500 g/mol. The number of carbonyl (C=O) groups excluding carboxylic acids is 2. The standard InChI is InChI=1S/C31H36N2O4/c1-22(2)32-31(35)27(19-24-10-5-4-6-11-24)33(21-26-12-8-7-9-23(26)3)30(34)16-14-25-13-15-28-29(20-25)37-18-17-36-28/h4-13,15,20,22,27H,14,16-19,21H2,1-3H3,(H,32,35). The van der Waals surface area contributed by atoms with Crippen molar-refractivity contribution in [2.75, 3.05) is 13.2 Å². The van der Waals surface area contributed by atoms with Gasteiger partial charge in [-0.25, -0.2) is 0 Å². The number of hydrogen-bond acceptors (Lipinski definition) is 4. The normalized spacial score (nSPS) is 13.2. The number of carbonyl (C=O) groups is 2. The molecule has 1 N–H and O–H groups in total. The predicted molar refractivity (Wildman–Crippen MR) is 145 cm³/mol. The minimum Gasteiger partial charge on any atom is -0.486 e. The molecule has 1 atom stereocenters. The molecule has 0 aromatic heterocycles. The highest BCUT2D eigenvalue weighted by atomic mass is 16.6. The number of benzene rings is 3. The molecule has 4 rings (SSSR count). The molecule has 1 heterocycles. The quantitative estimate of drug-likeness (QED) is 0.432. The van der Waals surface area contributed by atoms with E-state index in [0.717, 1.165) is 28.0 Å². The van der Waals surface area contributed by atoms with Gasteiger partial charge >= 0.3 is 0 Å². The van der Waals surface area contributed by atoms with Crippen LogP contribution in [0.3, 0.4) is 0 Å². The van der Waals surface area contributed by atoms with Crippen molar-refractivity contribution < 1.29 is 19.1 Å². The van der Waals surface area contributed by atoms with Crippen molar-refractivity contribution in [3.05, 3.63) is 95.1 Å². The predicted octanol–water partition coefficient (Wildman–Crippen LogP) is 4.86. The highest BCUT2D eigenvalue weighted by Crippen LogP contribution is 2.31. The van der Waals surface area contributed by atoms with Crippen LogP contribution in [0.2, 0.25) is 0 Å². The Bertz CT molecular complexity index is 1210. The zero-order valence-corrected chi connectivity index (χ0v) is 21.9. The molecule has 1 unspecified atom stereocenters. The van der Waals surface area contributed by atoms with Crippen LogP contribution < -0.4 is 14.8 Å². The number of ether oxygens (including phenoxy) is 2. The lowest BCUT2D eigenvalue weighted by molar-refractivity contribution is -0.141. The van der Waals surface area contributed by atoms with E-state index in [1.54, 1.807) is 4.90 Å². The Morgan fingerprint density at radius 2 is 1.59 bits per heavy atom. The summed E-state index contributed by atoms with van der Waals surface area (Å²) in [4.78, 5) is 29.1. The van der Waals surface area contributed by atoms with E-state index >= 15 is 0 Å². The number of hydrogen-bond donors (Lipinski definition) is 1. The van der Waals surface area contributed by atoms with Crippen LogP contribution in [-0.4, -0.2) is 42.0 Å². The smallest absolute Gasteiger partial charge is 0.243 e. The van der Waals surface area contributed by atoms with Crippen LogP contribution in [0.4, 0.5) is 0 Å². The third-order valence-corrected chi connectivity index (χ3v) is 6.54.